The Morgan fingerprint density at radius 3 is 2.70 bits per heavy atom. The van der Waals surface area contributed by atoms with E-state index in [2.05, 4.69) is 39.1 Å². The van der Waals surface area contributed by atoms with Crippen LogP contribution >= 0.6 is 11.8 Å². The van der Waals surface area contributed by atoms with Crippen LogP contribution in [0.1, 0.15) is 31.7 Å². The van der Waals surface area contributed by atoms with Crippen molar-refractivity contribution in [1.29, 1.82) is 0 Å². The summed E-state index contributed by atoms with van der Waals surface area (Å²) >= 11 is 1.53. The van der Waals surface area contributed by atoms with E-state index in [0.717, 1.165) is 46.6 Å². The predicted octanol–water partition coefficient (Wildman–Crippen LogP) is 3.11. The Labute approximate surface area is 123 Å². The number of hydrogen-bond acceptors (Lipinski definition) is 6. The highest BCUT2D eigenvalue weighted by Gasteiger charge is 2.11. The number of aryl methyl sites for hydroxylation is 1. The maximum atomic E-state index is 4.60. The Morgan fingerprint density at radius 1 is 1.20 bits per heavy atom. The summed E-state index contributed by atoms with van der Waals surface area (Å²) in [6.45, 7) is 7.15. The fraction of sp³-hybridized carbons (Fsp3) is 0.429. The molecule has 0 atom stereocenters. The van der Waals surface area contributed by atoms with Gasteiger partial charge in [0.1, 0.15) is 21.7 Å². The van der Waals surface area contributed by atoms with Crippen LogP contribution in [0.15, 0.2) is 28.6 Å². The van der Waals surface area contributed by atoms with Gasteiger partial charge in [0.25, 0.3) is 0 Å². The van der Waals surface area contributed by atoms with E-state index < -0.39 is 0 Å². The fourth-order valence-electron chi connectivity index (χ4n) is 1.65. The number of aromatic nitrogens is 4. The molecule has 0 bridgehead atoms. The molecular formula is C14H19N5S. The van der Waals surface area contributed by atoms with Crippen molar-refractivity contribution in [2.24, 2.45) is 0 Å². The Morgan fingerprint density at radius 2 is 2.05 bits per heavy atom. The van der Waals surface area contributed by atoms with Crippen molar-refractivity contribution in [2.45, 2.75) is 43.7 Å². The second kappa shape index (κ2) is 7.19. The molecule has 1 N–H and O–H groups in total. The number of hydrogen-bond donors (Lipinski definition) is 1. The molecule has 2 rings (SSSR count). The molecule has 5 nitrogen and oxygen atoms in total. The molecule has 2 aromatic heterocycles. The van der Waals surface area contributed by atoms with Crippen molar-refractivity contribution in [3.63, 3.8) is 0 Å². The van der Waals surface area contributed by atoms with Crippen LogP contribution in [0.5, 0.6) is 0 Å². The second-order valence-corrected chi connectivity index (χ2v) is 5.35. The number of rotatable bonds is 6. The molecule has 0 spiro atoms. The largest absolute Gasteiger partial charge is 0.370 e. The molecule has 0 radical (unpaired) electrons. The molecule has 2 heterocycles. The topological polar surface area (TPSA) is 63.6 Å². The molecular weight excluding hydrogens is 270 g/mol. The summed E-state index contributed by atoms with van der Waals surface area (Å²) in [7, 11) is 0. The summed E-state index contributed by atoms with van der Waals surface area (Å²) in [5, 5.41) is 5.15. The lowest BCUT2D eigenvalue weighted by Gasteiger charge is -2.12. The van der Waals surface area contributed by atoms with Gasteiger partial charge in [-0.15, -0.1) is 0 Å². The van der Waals surface area contributed by atoms with Crippen LogP contribution in [0.4, 0.5) is 5.82 Å². The van der Waals surface area contributed by atoms with Gasteiger partial charge in [-0.3, -0.25) is 4.98 Å². The summed E-state index contributed by atoms with van der Waals surface area (Å²) in [5.41, 5.74) is 1.06. The molecule has 0 amide bonds. The molecule has 0 aromatic carbocycles. The van der Waals surface area contributed by atoms with Crippen LogP contribution in [0.25, 0.3) is 0 Å². The highest BCUT2D eigenvalue weighted by Crippen LogP contribution is 2.29. The first kappa shape index (κ1) is 14.7. The van der Waals surface area contributed by atoms with Gasteiger partial charge in [0.15, 0.2) is 0 Å². The summed E-state index contributed by atoms with van der Waals surface area (Å²) < 4.78 is 0. The van der Waals surface area contributed by atoms with Gasteiger partial charge in [0.05, 0.1) is 6.20 Å². The number of anilines is 1. The molecule has 20 heavy (non-hydrogen) atoms. The van der Waals surface area contributed by atoms with Crippen molar-refractivity contribution >= 4 is 17.6 Å². The Hall–Kier alpha value is -1.69. The lowest BCUT2D eigenvalue weighted by atomic mass is 10.3. The van der Waals surface area contributed by atoms with Crippen LogP contribution in [0.2, 0.25) is 0 Å². The van der Waals surface area contributed by atoms with E-state index in [1.54, 1.807) is 18.6 Å². The first-order valence-corrected chi connectivity index (χ1v) is 7.61. The van der Waals surface area contributed by atoms with E-state index in [1.165, 1.54) is 11.8 Å². The van der Waals surface area contributed by atoms with Gasteiger partial charge in [-0.2, -0.15) is 0 Å². The Bertz CT molecular complexity index is 559. The number of nitrogens with one attached hydrogen (secondary N) is 1. The monoisotopic (exact) mass is 289 g/mol. The highest BCUT2D eigenvalue weighted by atomic mass is 32.2. The van der Waals surface area contributed by atoms with E-state index >= 15 is 0 Å². The predicted molar refractivity (Wildman–Crippen MR) is 81.1 cm³/mol. The van der Waals surface area contributed by atoms with Crippen molar-refractivity contribution in [3.8, 4) is 0 Å². The zero-order valence-corrected chi connectivity index (χ0v) is 12.9. The third kappa shape index (κ3) is 3.66. The quantitative estimate of drug-likeness (QED) is 0.824. The van der Waals surface area contributed by atoms with Gasteiger partial charge < -0.3 is 5.32 Å². The van der Waals surface area contributed by atoms with Gasteiger partial charge >= 0.3 is 0 Å². The Kier molecular flexibility index (Phi) is 5.29. The van der Waals surface area contributed by atoms with E-state index in [-0.39, 0.29) is 0 Å². The van der Waals surface area contributed by atoms with Gasteiger partial charge in [0.2, 0.25) is 0 Å². The summed E-state index contributed by atoms with van der Waals surface area (Å²) in [5.74, 6) is 1.77. The SMILES string of the molecule is CCCNc1nc(CC)nc(Sc2cnccn2)c1C. The molecule has 0 saturated carbocycles. The van der Waals surface area contributed by atoms with Crippen molar-refractivity contribution in [3.05, 3.63) is 30.0 Å². The zero-order chi connectivity index (χ0) is 14.4. The van der Waals surface area contributed by atoms with Gasteiger partial charge in [-0.25, -0.2) is 15.0 Å². The third-order valence-electron chi connectivity index (χ3n) is 2.75. The summed E-state index contributed by atoms with van der Waals surface area (Å²) in [6, 6.07) is 0. The average Bonchev–Trinajstić information content (AvgIpc) is 2.49. The van der Waals surface area contributed by atoms with Crippen LogP contribution in [-0.2, 0) is 6.42 Å². The van der Waals surface area contributed by atoms with Crippen molar-refractivity contribution < 1.29 is 0 Å². The molecule has 0 aliphatic rings. The summed E-state index contributed by atoms with van der Waals surface area (Å²) in [6.07, 6.45) is 6.99. The normalized spacial score (nSPS) is 10.6. The lowest BCUT2D eigenvalue weighted by Crippen LogP contribution is -2.08. The molecule has 0 saturated heterocycles. The van der Waals surface area contributed by atoms with Crippen LogP contribution < -0.4 is 5.32 Å². The molecule has 0 fully saturated rings. The molecule has 106 valence electrons. The van der Waals surface area contributed by atoms with Crippen molar-refractivity contribution in [1.82, 2.24) is 19.9 Å². The zero-order valence-electron chi connectivity index (χ0n) is 12.1. The van der Waals surface area contributed by atoms with Crippen molar-refractivity contribution in [2.75, 3.05) is 11.9 Å². The molecule has 0 aliphatic carbocycles. The minimum absolute atomic E-state index is 0.815. The maximum Gasteiger partial charge on any atom is 0.133 e. The van der Waals surface area contributed by atoms with Crippen LogP contribution in [0, 0.1) is 6.92 Å². The Balaban J connectivity index is 2.31. The molecule has 2 aromatic rings. The lowest BCUT2D eigenvalue weighted by molar-refractivity contribution is 0.860. The number of nitrogens with zero attached hydrogens (tertiary/aromatic N) is 4. The van der Waals surface area contributed by atoms with Gasteiger partial charge in [-0.1, -0.05) is 13.8 Å². The minimum atomic E-state index is 0.815. The van der Waals surface area contributed by atoms with Gasteiger partial charge in [-0.05, 0) is 25.1 Å². The summed E-state index contributed by atoms with van der Waals surface area (Å²) in [4.78, 5) is 17.5. The standard InChI is InChI=1S/C14H19N5S/c1-4-6-17-13-10(3)14(19-11(5-2)18-13)20-12-9-15-7-8-16-12/h7-9H,4-6H2,1-3H3,(H,17,18,19). The highest BCUT2D eigenvalue weighted by molar-refractivity contribution is 7.99. The fourth-order valence-corrected chi connectivity index (χ4v) is 2.48. The van der Waals surface area contributed by atoms with Crippen LogP contribution in [-0.4, -0.2) is 26.5 Å². The average molecular weight is 289 g/mol. The second-order valence-electron chi connectivity index (χ2n) is 4.34. The van der Waals surface area contributed by atoms with E-state index in [4.69, 9.17) is 0 Å². The van der Waals surface area contributed by atoms with E-state index in [0.29, 0.717) is 0 Å². The molecule has 0 unspecified atom stereocenters. The van der Waals surface area contributed by atoms with E-state index in [9.17, 15) is 0 Å². The molecule has 0 aliphatic heterocycles. The maximum absolute atomic E-state index is 4.60. The molecule has 6 heteroatoms. The minimum Gasteiger partial charge on any atom is -0.370 e. The van der Waals surface area contributed by atoms with Gasteiger partial charge in [0, 0.05) is 30.9 Å². The smallest absolute Gasteiger partial charge is 0.133 e. The van der Waals surface area contributed by atoms with Crippen LogP contribution in [0.3, 0.4) is 0 Å². The van der Waals surface area contributed by atoms with E-state index in [1.807, 2.05) is 6.92 Å². The first-order chi connectivity index (χ1) is 9.74. The third-order valence-corrected chi connectivity index (χ3v) is 3.76. The first-order valence-electron chi connectivity index (χ1n) is 6.79.